The summed E-state index contributed by atoms with van der Waals surface area (Å²) in [5.41, 5.74) is 4.79. The highest BCUT2D eigenvalue weighted by Gasteiger charge is 2.06. The molecule has 0 unspecified atom stereocenters. The van der Waals surface area contributed by atoms with E-state index in [1.165, 1.54) is 32.7 Å². The van der Waals surface area contributed by atoms with Gasteiger partial charge in [-0.05, 0) is 13.0 Å². The molecule has 2 aromatic heterocycles. The van der Waals surface area contributed by atoms with E-state index in [4.69, 9.17) is 5.73 Å². The van der Waals surface area contributed by atoms with Gasteiger partial charge in [0, 0.05) is 30.4 Å². The normalized spacial score (nSPS) is 10.7. The maximum absolute atomic E-state index is 12.1. The Kier molecular flexibility index (Phi) is 4.06. The van der Waals surface area contributed by atoms with Crippen LogP contribution in [0.3, 0.4) is 0 Å². The molecule has 0 fully saturated rings. The van der Waals surface area contributed by atoms with Gasteiger partial charge in [0.15, 0.2) is 0 Å². The summed E-state index contributed by atoms with van der Waals surface area (Å²) >= 11 is 1.48. The van der Waals surface area contributed by atoms with Crippen molar-refractivity contribution >= 4 is 11.3 Å². The van der Waals surface area contributed by atoms with E-state index < -0.39 is 0 Å². The monoisotopic (exact) mass is 266 g/mol. The lowest BCUT2D eigenvalue weighted by Gasteiger charge is -2.07. The second-order valence-corrected chi connectivity index (χ2v) is 4.76. The van der Waals surface area contributed by atoms with Crippen LogP contribution in [0.25, 0.3) is 0 Å². The van der Waals surface area contributed by atoms with Crippen LogP contribution in [0, 0.1) is 0 Å². The van der Waals surface area contributed by atoms with Crippen molar-refractivity contribution in [2.45, 2.75) is 19.5 Å². The Morgan fingerprint density at radius 3 is 2.89 bits per heavy atom. The zero-order valence-electron chi connectivity index (χ0n) is 9.78. The highest BCUT2D eigenvalue weighted by molar-refractivity contribution is 7.09. The Morgan fingerprint density at radius 1 is 1.39 bits per heavy atom. The SMILES string of the molecule is NCCCn1c(=O)ccn(Cc2nccs2)c1=O. The molecule has 7 heteroatoms. The molecule has 0 spiro atoms. The van der Waals surface area contributed by atoms with Crippen LogP contribution in [0.1, 0.15) is 11.4 Å². The molecule has 0 aromatic carbocycles. The summed E-state index contributed by atoms with van der Waals surface area (Å²) < 4.78 is 2.69. The Labute approximate surface area is 107 Å². The molecule has 2 heterocycles. The molecule has 0 saturated heterocycles. The molecule has 18 heavy (non-hydrogen) atoms. The number of rotatable bonds is 5. The Morgan fingerprint density at radius 2 is 2.22 bits per heavy atom. The quantitative estimate of drug-likeness (QED) is 0.816. The van der Waals surface area contributed by atoms with E-state index in [-0.39, 0.29) is 11.2 Å². The van der Waals surface area contributed by atoms with Gasteiger partial charge in [0.05, 0.1) is 6.54 Å². The molecular formula is C11H14N4O2S. The van der Waals surface area contributed by atoms with Crippen LogP contribution in [0.2, 0.25) is 0 Å². The first-order valence-electron chi connectivity index (χ1n) is 5.61. The van der Waals surface area contributed by atoms with E-state index in [2.05, 4.69) is 4.98 Å². The van der Waals surface area contributed by atoms with E-state index in [1.807, 2.05) is 5.38 Å². The second kappa shape index (κ2) is 5.74. The van der Waals surface area contributed by atoms with Gasteiger partial charge >= 0.3 is 5.69 Å². The number of nitrogens with two attached hydrogens (primary N) is 1. The minimum Gasteiger partial charge on any atom is -0.330 e. The Hall–Kier alpha value is -1.73. The number of aromatic nitrogens is 3. The fraction of sp³-hybridized carbons (Fsp3) is 0.364. The highest BCUT2D eigenvalue weighted by atomic mass is 32.1. The molecular weight excluding hydrogens is 252 g/mol. The molecule has 0 radical (unpaired) electrons. The van der Waals surface area contributed by atoms with Gasteiger partial charge in [-0.1, -0.05) is 0 Å². The van der Waals surface area contributed by atoms with Gasteiger partial charge in [-0.3, -0.25) is 13.9 Å². The van der Waals surface area contributed by atoms with E-state index in [0.29, 0.717) is 26.1 Å². The molecule has 0 aliphatic rings. The van der Waals surface area contributed by atoms with Crippen LogP contribution in [0.4, 0.5) is 0 Å². The molecule has 0 atom stereocenters. The summed E-state index contributed by atoms with van der Waals surface area (Å²) in [5.74, 6) is 0. The van der Waals surface area contributed by atoms with E-state index in [0.717, 1.165) is 5.01 Å². The number of nitrogens with zero attached hydrogens (tertiary/aromatic N) is 3. The van der Waals surface area contributed by atoms with Crippen molar-refractivity contribution in [2.75, 3.05) is 6.54 Å². The fourth-order valence-corrected chi connectivity index (χ4v) is 2.22. The average molecular weight is 266 g/mol. The molecule has 0 bridgehead atoms. The molecule has 0 aliphatic carbocycles. The highest BCUT2D eigenvalue weighted by Crippen LogP contribution is 2.04. The Bertz CT molecular complexity index is 615. The maximum atomic E-state index is 12.1. The van der Waals surface area contributed by atoms with Gasteiger partial charge in [-0.25, -0.2) is 9.78 Å². The topological polar surface area (TPSA) is 82.9 Å². The van der Waals surface area contributed by atoms with Crippen molar-refractivity contribution in [3.05, 3.63) is 49.7 Å². The van der Waals surface area contributed by atoms with Gasteiger partial charge in [0.2, 0.25) is 0 Å². The smallest absolute Gasteiger partial charge is 0.330 e. The first-order chi connectivity index (χ1) is 8.72. The molecule has 2 rings (SSSR count). The summed E-state index contributed by atoms with van der Waals surface area (Å²) in [7, 11) is 0. The minimum absolute atomic E-state index is 0.288. The first-order valence-corrected chi connectivity index (χ1v) is 6.49. The van der Waals surface area contributed by atoms with Crippen LogP contribution in [0.15, 0.2) is 33.4 Å². The van der Waals surface area contributed by atoms with Crippen LogP contribution in [-0.2, 0) is 13.1 Å². The van der Waals surface area contributed by atoms with E-state index in [1.54, 1.807) is 6.20 Å². The number of hydrogen-bond donors (Lipinski definition) is 1. The van der Waals surface area contributed by atoms with Gasteiger partial charge in [-0.15, -0.1) is 11.3 Å². The van der Waals surface area contributed by atoms with Crippen molar-refractivity contribution in [1.29, 1.82) is 0 Å². The van der Waals surface area contributed by atoms with Crippen LogP contribution >= 0.6 is 11.3 Å². The zero-order valence-corrected chi connectivity index (χ0v) is 10.6. The second-order valence-electron chi connectivity index (χ2n) is 3.78. The molecule has 2 N–H and O–H groups in total. The standard InChI is InChI=1S/C11H14N4O2S/c12-3-1-5-15-10(16)2-6-14(11(15)17)8-9-13-4-7-18-9/h2,4,6-7H,1,3,5,8,12H2. The van der Waals surface area contributed by atoms with Crippen molar-refractivity contribution in [3.8, 4) is 0 Å². The zero-order chi connectivity index (χ0) is 13.0. The summed E-state index contributed by atoms with van der Waals surface area (Å²) in [5, 5.41) is 2.69. The summed E-state index contributed by atoms with van der Waals surface area (Å²) in [6.07, 6.45) is 3.80. The lowest BCUT2D eigenvalue weighted by molar-refractivity contribution is 0.554. The van der Waals surface area contributed by atoms with Gasteiger partial charge < -0.3 is 5.73 Å². The van der Waals surface area contributed by atoms with Crippen molar-refractivity contribution in [3.63, 3.8) is 0 Å². The predicted molar refractivity (Wildman–Crippen MR) is 69.8 cm³/mol. The maximum Gasteiger partial charge on any atom is 0.331 e. The third kappa shape index (κ3) is 2.74. The largest absolute Gasteiger partial charge is 0.331 e. The van der Waals surface area contributed by atoms with Gasteiger partial charge in [0.1, 0.15) is 5.01 Å². The van der Waals surface area contributed by atoms with E-state index >= 15 is 0 Å². The minimum atomic E-state index is -0.314. The third-order valence-corrected chi connectivity index (χ3v) is 3.28. The van der Waals surface area contributed by atoms with Gasteiger partial charge in [0.25, 0.3) is 5.56 Å². The first kappa shape index (κ1) is 12.7. The number of hydrogen-bond acceptors (Lipinski definition) is 5. The number of thiazole rings is 1. The van der Waals surface area contributed by atoms with Crippen molar-refractivity contribution in [1.82, 2.24) is 14.1 Å². The van der Waals surface area contributed by atoms with Crippen LogP contribution in [0.5, 0.6) is 0 Å². The van der Waals surface area contributed by atoms with E-state index in [9.17, 15) is 9.59 Å². The van der Waals surface area contributed by atoms with Crippen LogP contribution in [-0.4, -0.2) is 20.7 Å². The fourth-order valence-electron chi connectivity index (χ4n) is 1.61. The average Bonchev–Trinajstić information content (AvgIpc) is 2.86. The molecule has 6 nitrogen and oxygen atoms in total. The lowest BCUT2D eigenvalue weighted by Crippen LogP contribution is -2.39. The van der Waals surface area contributed by atoms with Crippen molar-refractivity contribution in [2.24, 2.45) is 5.73 Å². The lowest BCUT2D eigenvalue weighted by atomic mass is 10.4. The molecule has 0 amide bonds. The molecule has 0 saturated carbocycles. The van der Waals surface area contributed by atoms with Crippen molar-refractivity contribution < 1.29 is 0 Å². The molecule has 96 valence electrons. The third-order valence-electron chi connectivity index (χ3n) is 2.51. The van der Waals surface area contributed by atoms with Gasteiger partial charge in [-0.2, -0.15) is 0 Å². The summed E-state index contributed by atoms with van der Waals surface area (Å²) in [4.78, 5) is 27.8. The molecule has 0 aliphatic heterocycles. The summed E-state index contributed by atoms with van der Waals surface area (Å²) in [6.45, 7) is 1.19. The van der Waals surface area contributed by atoms with Crippen LogP contribution < -0.4 is 17.0 Å². The summed E-state index contributed by atoms with van der Waals surface area (Å²) in [6, 6.07) is 1.39. The molecule has 2 aromatic rings. The predicted octanol–water partition coefficient (Wildman–Crippen LogP) is -0.136. The Balaban J connectivity index is 2.32.